The summed E-state index contributed by atoms with van der Waals surface area (Å²) in [5, 5.41) is 6.69. The summed E-state index contributed by atoms with van der Waals surface area (Å²) in [6.45, 7) is 12.8. The summed E-state index contributed by atoms with van der Waals surface area (Å²) < 4.78 is 16.8. The number of carbonyl (C=O) groups excluding carboxylic acids is 1. The molecule has 0 atom stereocenters. The lowest BCUT2D eigenvalue weighted by atomic mass is 9.73. The molecule has 1 aliphatic carbocycles. The van der Waals surface area contributed by atoms with Crippen molar-refractivity contribution in [2.75, 3.05) is 36.4 Å². The van der Waals surface area contributed by atoms with Crippen molar-refractivity contribution in [2.45, 2.75) is 76.9 Å². The van der Waals surface area contributed by atoms with E-state index in [1.807, 2.05) is 17.0 Å². The van der Waals surface area contributed by atoms with Crippen molar-refractivity contribution in [2.24, 2.45) is 5.41 Å². The predicted octanol–water partition coefficient (Wildman–Crippen LogP) is 6.22. The molecule has 11 heteroatoms. The zero-order chi connectivity index (χ0) is 31.1. The number of likely N-dealkylation sites (tertiary alicyclic amines) is 1. The minimum Gasteiger partial charge on any atom is -0.336 e. The fourth-order valence-corrected chi connectivity index (χ4v) is 8.12. The zero-order valence-corrected chi connectivity index (χ0v) is 27.7. The van der Waals surface area contributed by atoms with Crippen LogP contribution in [0.1, 0.15) is 65.0 Å². The lowest BCUT2D eigenvalue weighted by molar-refractivity contribution is -0.125. The van der Waals surface area contributed by atoms with Gasteiger partial charge in [-0.1, -0.05) is 26.0 Å². The Labute approximate surface area is 275 Å². The van der Waals surface area contributed by atoms with Crippen LogP contribution in [0.15, 0.2) is 49.1 Å². The van der Waals surface area contributed by atoms with Crippen LogP contribution in [0.4, 0.5) is 21.6 Å². The molecule has 8 rings (SSSR count). The molecule has 6 heterocycles. The molecule has 1 aromatic carbocycles. The number of nitrogens with zero attached hydrogens (tertiary/aromatic N) is 6. The first-order valence-electron chi connectivity index (χ1n) is 16.3. The van der Waals surface area contributed by atoms with Crippen LogP contribution < -0.4 is 15.5 Å². The van der Waals surface area contributed by atoms with E-state index in [0.717, 1.165) is 85.4 Å². The standard InChI is InChI=1S/C35H41FN8O.ClH/c1-21(2)43-20-39-29-16-28(41-32(31(29)43)40-27-7-10-38-17-26(27)36)22-5-6-25-30(13-22)44(33(45)35(25)8-11-37-12-9-35)24-14-23(15-24)42-18-34(3,4)19-42;/h5-7,10,13,16-17,20-21,23-24,37H,8-9,11-12,14-15,18-19H2,1-4H3,(H,38,40,41);1H/t23-,24+;. The van der Waals surface area contributed by atoms with Gasteiger partial charge in [0.15, 0.2) is 11.6 Å². The summed E-state index contributed by atoms with van der Waals surface area (Å²) >= 11 is 0. The maximum atomic E-state index is 14.7. The van der Waals surface area contributed by atoms with Crippen molar-refractivity contribution < 1.29 is 9.18 Å². The number of piperidine rings is 1. The first-order valence-corrected chi connectivity index (χ1v) is 16.3. The van der Waals surface area contributed by atoms with E-state index in [2.05, 4.69) is 71.3 Å². The third-order valence-corrected chi connectivity index (χ3v) is 10.5. The predicted molar refractivity (Wildman–Crippen MR) is 182 cm³/mol. The second-order valence-electron chi connectivity index (χ2n) is 14.5. The third-order valence-electron chi connectivity index (χ3n) is 10.5. The SMILES string of the molecule is CC(C)n1cnc2cc(-c3ccc4c(c3)N([C@H]3C[C@@H](N5CC(C)(C)C5)C3)C(=O)C43CCNCC3)nc(Nc3ccncc3F)c21.Cl. The Hall–Kier alpha value is -3.60. The van der Waals surface area contributed by atoms with Crippen LogP contribution in [0.25, 0.3) is 22.3 Å². The average molecular weight is 645 g/mol. The summed E-state index contributed by atoms with van der Waals surface area (Å²) in [6, 6.07) is 10.9. The fraction of sp³-hybridized carbons (Fsp3) is 0.486. The van der Waals surface area contributed by atoms with Crippen LogP contribution >= 0.6 is 12.4 Å². The van der Waals surface area contributed by atoms with Gasteiger partial charge in [0, 0.05) is 48.7 Å². The second kappa shape index (κ2) is 11.3. The molecule has 4 aliphatic rings. The molecule has 0 radical (unpaired) electrons. The minimum absolute atomic E-state index is 0. The van der Waals surface area contributed by atoms with Gasteiger partial charge in [0.2, 0.25) is 5.91 Å². The number of rotatable bonds is 6. The minimum atomic E-state index is -0.470. The molecule has 1 saturated carbocycles. The van der Waals surface area contributed by atoms with Gasteiger partial charge in [-0.25, -0.2) is 14.4 Å². The van der Waals surface area contributed by atoms with Crippen molar-refractivity contribution >= 4 is 46.5 Å². The van der Waals surface area contributed by atoms with E-state index in [-0.39, 0.29) is 30.4 Å². The average Bonchev–Trinajstić information content (AvgIpc) is 3.51. The van der Waals surface area contributed by atoms with Gasteiger partial charge in [-0.05, 0) is 81.8 Å². The molecule has 0 unspecified atom stereocenters. The van der Waals surface area contributed by atoms with Crippen LogP contribution in [0.3, 0.4) is 0 Å². The zero-order valence-electron chi connectivity index (χ0n) is 26.9. The maximum Gasteiger partial charge on any atom is 0.238 e. The van der Waals surface area contributed by atoms with Crippen molar-refractivity contribution in [1.82, 2.24) is 29.7 Å². The van der Waals surface area contributed by atoms with E-state index in [9.17, 15) is 9.18 Å². The molecular weight excluding hydrogens is 603 g/mol. The number of nitrogens with one attached hydrogen (secondary N) is 2. The van der Waals surface area contributed by atoms with Crippen LogP contribution in [0, 0.1) is 11.2 Å². The van der Waals surface area contributed by atoms with Crippen molar-refractivity contribution in [3.63, 3.8) is 0 Å². The Morgan fingerprint density at radius 3 is 2.52 bits per heavy atom. The highest BCUT2D eigenvalue weighted by atomic mass is 35.5. The number of hydrogen-bond donors (Lipinski definition) is 2. The largest absolute Gasteiger partial charge is 0.336 e. The van der Waals surface area contributed by atoms with Crippen LogP contribution in [0.2, 0.25) is 0 Å². The highest BCUT2D eigenvalue weighted by Crippen LogP contribution is 2.52. The molecular formula is C35H42ClFN8O. The van der Waals surface area contributed by atoms with E-state index in [4.69, 9.17) is 9.97 Å². The van der Waals surface area contributed by atoms with Gasteiger partial charge in [-0.15, -0.1) is 12.4 Å². The van der Waals surface area contributed by atoms with Gasteiger partial charge >= 0.3 is 0 Å². The van der Waals surface area contributed by atoms with E-state index < -0.39 is 11.2 Å². The summed E-state index contributed by atoms with van der Waals surface area (Å²) in [5.74, 6) is 0.340. The number of pyridine rings is 2. The Balaban J connectivity index is 0.00000338. The quantitative estimate of drug-likeness (QED) is 0.258. The van der Waals surface area contributed by atoms with Gasteiger partial charge in [-0.3, -0.25) is 14.7 Å². The molecule has 1 amide bonds. The summed E-state index contributed by atoms with van der Waals surface area (Å²) in [7, 11) is 0. The number of halogens is 2. The number of hydrogen-bond acceptors (Lipinski definition) is 7. The molecule has 3 fully saturated rings. The van der Waals surface area contributed by atoms with E-state index in [0.29, 0.717) is 23.0 Å². The smallest absolute Gasteiger partial charge is 0.238 e. The molecule has 2 saturated heterocycles. The number of benzene rings is 1. The number of aromatic nitrogens is 4. The number of anilines is 3. The number of fused-ring (bicyclic) bond motifs is 3. The molecule has 2 N–H and O–H groups in total. The highest BCUT2D eigenvalue weighted by molar-refractivity contribution is 6.09. The normalized spacial score (nSPS) is 23.3. The van der Waals surface area contributed by atoms with Crippen molar-refractivity contribution in [3.8, 4) is 11.3 Å². The first-order chi connectivity index (χ1) is 21.6. The second-order valence-corrected chi connectivity index (χ2v) is 14.5. The molecule has 242 valence electrons. The molecule has 0 bridgehead atoms. The summed E-state index contributed by atoms with van der Waals surface area (Å²) in [4.78, 5) is 32.8. The van der Waals surface area contributed by atoms with Crippen LogP contribution in [-0.4, -0.2) is 68.6 Å². The Morgan fingerprint density at radius 1 is 1.07 bits per heavy atom. The van der Waals surface area contributed by atoms with Crippen LogP contribution in [-0.2, 0) is 10.2 Å². The van der Waals surface area contributed by atoms with Crippen molar-refractivity contribution in [1.29, 1.82) is 0 Å². The highest BCUT2D eigenvalue weighted by Gasteiger charge is 2.55. The number of carbonyl (C=O) groups is 1. The molecule has 46 heavy (non-hydrogen) atoms. The Kier molecular flexibility index (Phi) is 7.61. The van der Waals surface area contributed by atoms with Gasteiger partial charge in [0.1, 0.15) is 5.52 Å². The Bertz CT molecular complexity index is 1800. The topological polar surface area (TPSA) is 91.2 Å². The van der Waals surface area contributed by atoms with E-state index >= 15 is 0 Å². The van der Waals surface area contributed by atoms with Gasteiger partial charge < -0.3 is 20.1 Å². The van der Waals surface area contributed by atoms with E-state index in [1.165, 1.54) is 6.20 Å². The van der Waals surface area contributed by atoms with Gasteiger partial charge in [0.05, 0.1) is 34.8 Å². The van der Waals surface area contributed by atoms with Crippen LogP contribution in [0.5, 0.6) is 0 Å². The molecule has 3 aliphatic heterocycles. The lowest BCUT2D eigenvalue weighted by Gasteiger charge is -2.55. The number of imidazole rings is 1. The molecule has 1 spiro atoms. The first kappa shape index (κ1) is 31.0. The fourth-order valence-electron chi connectivity index (χ4n) is 8.12. The summed E-state index contributed by atoms with van der Waals surface area (Å²) in [5.41, 5.74) is 5.62. The van der Waals surface area contributed by atoms with Gasteiger partial charge in [0.25, 0.3) is 0 Å². The van der Waals surface area contributed by atoms with Crippen molar-refractivity contribution in [3.05, 3.63) is 60.4 Å². The lowest BCUT2D eigenvalue weighted by Crippen LogP contribution is -2.64. The van der Waals surface area contributed by atoms with Gasteiger partial charge in [-0.2, -0.15) is 0 Å². The Morgan fingerprint density at radius 2 is 1.83 bits per heavy atom. The molecule has 9 nitrogen and oxygen atoms in total. The van der Waals surface area contributed by atoms with E-state index in [1.54, 1.807) is 12.3 Å². The molecule has 3 aromatic heterocycles. The maximum absolute atomic E-state index is 14.7. The summed E-state index contributed by atoms with van der Waals surface area (Å²) in [6.07, 6.45) is 8.22. The third kappa shape index (κ3) is 4.88. The molecule has 4 aromatic rings. The number of amides is 1. The monoisotopic (exact) mass is 644 g/mol.